The summed E-state index contributed by atoms with van der Waals surface area (Å²) in [5.41, 5.74) is 6.08. The average Bonchev–Trinajstić information content (AvgIpc) is 2.26. The van der Waals surface area contributed by atoms with Crippen molar-refractivity contribution in [3.05, 3.63) is 53.1 Å². The first-order valence-electron chi connectivity index (χ1n) is 4.74. The number of hydrogen-bond donors (Lipinski definition) is 1. The van der Waals surface area contributed by atoms with Gasteiger partial charge < -0.3 is 5.73 Å². The van der Waals surface area contributed by atoms with Gasteiger partial charge in [0.2, 0.25) is 0 Å². The molecule has 0 atom stereocenters. The minimum Gasteiger partial charge on any atom is -0.398 e. The molecule has 0 radical (unpaired) electrons. The Morgan fingerprint density at radius 1 is 1.12 bits per heavy atom. The fraction of sp³-hybridized carbons (Fsp3) is 0. The van der Waals surface area contributed by atoms with E-state index in [4.69, 9.17) is 17.3 Å². The zero-order valence-corrected chi connectivity index (χ0v) is 10.2. The Hall–Kier alpha value is -1.26. The molecule has 0 aliphatic rings. The summed E-state index contributed by atoms with van der Waals surface area (Å²) in [5.74, 6) is -0.886. The molecule has 0 spiro atoms. The van der Waals surface area contributed by atoms with Crippen LogP contribution in [-0.2, 0) is 0 Å². The van der Waals surface area contributed by atoms with E-state index in [0.717, 1.165) is 0 Å². The van der Waals surface area contributed by atoms with E-state index in [1.54, 1.807) is 12.1 Å². The minimum absolute atomic E-state index is 0.0221. The molecule has 0 aliphatic carbocycles. The first-order valence-corrected chi connectivity index (χ1v) is 5.93. The predicted molar refractivity (Wildman–Crippen MR) is 66.3 cm³/mol. The molecular weight excluding hydrogens is 264 g/mol. The van der Waals surface area contributed by atoms with Crippen molar-refractivity contribution in [2.45, 2.75) is 9.79 Å². The smallest absolute Gasteiger partial charge is 0.143 e. The summed E-state index contributed by atoms with van der Waals surface area (Å²) < 4.78 is 26.2. The van der Waals surface area contributed by atoms with Crippen molar-refractivity contribution in [2.75, 3.05) is 5.73 Å². The maximum absolute atomic E-state index is 13.3. The van der Waals surface area contributed by atoms with Crippen LogP contribution in [0.3, 0.4) is 0 Å². The lowest BCUT2D eigenvalue weighted by Crippen LogP contribution is -1.91. The highest BCUT2D eigenvalue weighted by Gasteiger charge is 2.08. The number of nitrogen functional groups attached to an aromatic ring is 1. The predicted octanol–water partition coefficient (Wildman–Crippen LogP) is 4.35. The van der Waals surface area contributed by atoms with Crippen molar-refractivity contribution < 1.29 is 8.78 Å². The molecule has 2 rings (SSSR count). The molecule has 0 aliphatic heterocycles. The normalized spacial score (nSPS) is 10.5. The number of halogens is 3. The van der Waals surface area contributed by atoms with E-state index in [1.807, 2.05) is 0 Å². The van der Waals surface area contributed by atoms with Gasteiger partial charge in [0.15, 0.2) is 0 Å². The standard InChI is InChI=1S/C12H8ClF2NS/c13-9-5-11(16)12(6-10(9)15)17-8-3-1-2-7(14)4-8/h1-6H,16H2. The van der Waals surface area contributed by atoms with Crippen LogP contribution in [0.5, 0.6) is 0 Å². The summed E-state index contributed by atoms with van der Waals surface area (Å²) in [7, 11) is 0. The number of anilines is 1. The Labute approximate surface area is 107 Å². The van der Waals surface area contributed by atoms with Crippen LogP contribution >= 0.6 is 23.4 Å². The van der Waals surface area contributed by atoms with Crippen LogP contribution in [-0.4, -0.2) is 0 Å². The van der Waals surface area contributed by atoms with E-state index in [2.05, 4.69) is 0 Å². The van der Waals surface area contributed by atoms with Gasteiger partial charge in [-0.2, -0.15) is 0 Å². The molecule has 0 amide bonds. The van der Waals surface area contributed by atoms with Gasteiger partial charge in [-0.05, 0) is 30.3 Å². The number of nitrogens with two attached hydrogens (primary N) is 1. The zero-order chi connectivity index (χ0) is 12.4. The quantitative estimate of drug-likeness (QED) is 0.822. The fourth-order valence-corrected chi connectivity index (χ4v) is 2.37. The zero-order valence-electron chi connectivity index (χ0n) is 8.58. The molecular formula is C12H8ClF2NS. The second-order valence-electron chi connectivity index (χ2n) is 3.36. The largest absolute Gasteiger partial charge is 0.398 e. The van der Waals surface area contributed by atoms with E-state index in [-0.39, 0.29) is 10.8 Å². The molecule has 1 nitrogen and oxygen atoms in total. The van der Waals surface area contributed by atoms with Gasteiger partial charge in [0.25, 0.3) is 0 Å². The number of rotatable bonds is 2. The lowest BCUT2D eigenvalue weighted by atomic mass is 10.3. The first kappa shape index (κ1) is 12.2. The van der Waals surface area contributed by atoms with E-state index in [9.17, 15) is 8.78 Å². The van der Waals surface area contributed by atoms with Crippen molar-refractivity contribution in [2.24, 2.45) is 0 Å². The lowest BCUT2D eigenvalue weighted by molar-refractivity contribution is 0.624. The molecule has 0 heterocycles. The Kier molecular flexibility index (Phi) is 3.54. The van der Waals surface area contributed by atoms with Crippen LogP contribution in [0.2, 0.25) is 5.02 Å². The topological polar surface area (TPSA) is 26.0 Å². The average molecular weight is 272 g/mol. The lowest BCUT2D eigenvalue weighted by Gasteiger charge is -2.06. The highest BCUT2D eigenvalue weighted by atomic mass is 35.5. The first-order chi connectivity index (χ1) is 8.06. The molecule has 0 saturated heterocycles. The Morgan fingerprint density at radius 2 is 1.88 bits per heavy atom. The van der Waals surface area contributed by atoms with Crippen molar-refractivity contribution in [1.82, 2.24) is 0 Å². The van der Waals surface area contributed by atoms with Crippen molar-refractivity contribution in [3.63, 3.8) is 0 Å². The fourth-order valence-electron chi connectivity index (χ4n) is 1.29. The summed E-state index contributed by atoms with van der Waals surface area (Å²) in [6.07, 6.45) is 0. The molecule has 2 aromatic carbocycles. The van der Waals surface area contributed by atoms with Gasteiger partial charge in [-0.1, -0.05) is 29.4 Å². The van der Waals surface area contributed by atoms with E-state index in [1.165, 1.54) is 36.0 Å². The third-order valence-corrected chi connectivity index (χ3v) is 3.43. The highest BCUT2D eigenvalue weighted by Crippen LogP contribution is 2.34. The molecule has 0 fully saturated rings. The summed E-state index contributed by atoms with van der Waals surface area (Å²) in [5, 5.41) is -0.0221. The van der Waals surface area contributed by atoms with Crippen LogP contribution in [0.4, 0.5) is 14.5 Å². The third-order valence-electron chi connectivity index (χ3n) is 2.08. The van der Waals surface area contributed by atoms with E-state index >= 15 is 0 Å². The Bertz CT molecular complexity index is 560. The van der Waals surface area contributed by atoms with Gasteiger partial charge in [0.05, 0.1) is 5.02 Å². The third kappa shape index (κ3) is 2.90. The van der Waals surface area contributed by atoms with Crippen LogP contribution in [0.1, 0.15) is 0 Å². The summed E-state index contributed by atoms with van der Waals surface area (Å²) >= 11 is 6.78. The second-order valence-corrected chi connectivity index (χ2v) is 4.89. The summed E-state index contributed by atoms with van der Waals surface area (Å²) in [6, 6.07) is 8.60. The summed E-state index contributed by atoms with van der Waals surface area (Å²) in [4.78, 5) is 1.16. The molecule has 88 valence electrons. The van der Waals surface area contributed by atoms with Gasteiger partial charge in [-0.3, -0.25) is 0 Å². The van der Waals surface area contributed by atoms with E-state index in [0.29, 0.717) is 15.5 Å². The van der Waals surface area contributed by atoms with Crippen molar-refractivity contribution in [3.8, 4) is 0 Å². The maximum atomic E-state index is 13.3. The van der Waals surface area contributed by atoms with Gasteiger partial charge in [-0.15, -0.1) is 0 Å². The molecule has 5 heteroatoms. The SMILES string of the molecule is Nc1cc(Cl)c(F)cc1Sc1cccc(F)c1. The number of hydrogen-bond acceptors (Lipinski definition) is 2. The molecule has 0 unspecified atom stereocenters. The maximum Gasteiger partial charge on any atom is 0.143 e. The van der Waals surface area contributed by atoms with Crippen LogP contribution in [0.15, 0.2) is 46.2 Å². The van der Waals surface area contributed by atoms with Gasteiger partial charge in [0, 0.05) is 15.5 Å². The molecule has 2 aromatic rings. The summed E-state index contributed by atoms with van der Waals surface area (Å²) in [6.45, 7) is 0. The molecule has 17 heavy (non-hydrogen) atoms. The molecule has 0 aromatic heterocycles. The minimum atomic E-state index is -0.542. The molecule has 2 N–H and O–H groups in total. The second kappa shape index (κ2) is 4.94. The monoisotopic (exact) mass is 271 g/mol. The Balaban J connectivity index is 2.33. The molecule has 0 saturated carbocycles. The van der Waals surface area contributed by atoms with Gasteiger partial charge in [-0.25, -0.2) is 8.78 Å². The highest BCUT2D eigenvalue weighted by molar-refractivity contribution is 7.99. The molecule has 0 bridgehead atoms. The van der Waals surface area contributed by atoms with Gasteiger partial charge >= 0.3 is 0 Å². The Morgan fingerprint density at radius 3 is 2.59 bits per heavy atom. The van der Waals surface area contributed by atoms with Crippen molar-refractivity contribution in [1.29, 1.82) is 0 Å². The van der Waals surface area contributed by atoms with Crippen LogP contribution < -0.4 is 5.73 Å². The number of benzene rings is 2. The van der Waals surface area contributed by atoms with Crippen molar-refractivity contribution >= 4 is 29.1 Å². The van der Waals surface area contributed by atoms with Crippen LogP contribution in [0, 0.1) is 11.6 Å². The van der Waals surface area contributed by atoms with Crippen LogP contribution in [0.25, 0.3) is 0 Å². The van der Waals surface area contributed by atoms with E-state index < -0.39 is 5.82 Å². The van der Waals surface area contributed by atoms with Gasteiger partial charge in [0.1, 0.15) is 11.6 Å².